The van der Waals surface area contributed by atoms with Gasteiger partial charge in [-0.05, 0) is 42.8 Å². The minimum atomic E-state index is -3.63. The van der Waals surface area contributed by atoms with Gasteiger partial charge in [0.1, 0.15) is 6.61 Å². The van der Waals surface area contributed by atoms with Crippen molar-refractivity contribution < 1.29 is 22.7 Å². The molecule has 0 bridgehead atoms. The van der Waals surface area contributed by atoms with Gasteiger partial charge in [0.15, 0.2) is 11.5 Å². The first-order valence-electron chi connectivity index (χ1n) is 10.4. The largest absolute Gasteiger partial charge is 0.490 e. The van der Waals surface area contributed by atoms with Gasteiger partial charge in [0.2, 0.25) is 10.0 Å². The summed E-state index contributed by atoms with van der Waals surface area (Å²) in [5, 5.41) is 2.79. The summed E-state index contributed by atoms with van der Waals surface area (Å²) in [5.74, 6) is 0.608. The Bertz CT molecular complexity index is 1200. The number of carbonyl (C=O) groups is 1. The van der Waals surface area contributed by atoms with Crippen molar-refractivity contribution >= 4 is 15.9 Å². The topological polar surface area (TPSA) is 97.8 Å². The van der Waals surface area contributed by atoms with E-state index < -0.39 is 10.0 Å². The number of ether oxygens (including phenoxy) is 2. The van der Waals surface area contributed by atoms with Gasteiger partial charge in [-0.2, -0.15) is 0 Å². The number of hydrogen-bond acceptors (Lipinski definition) is 6. The Hall–Kier alpha value is -3.43. The van der Waals surface area contributed by atoms with Crippen LogP contribution in [0.3, 0.4) is 0 Å². The first-order valence-corrected chi connectivity index (χ1v) is 11.8. The summed E-state index contributed by atoms with van der Waals surface area (Å²) >= 11 is 0. The highest BCUT2D eigenvalue weighted by Gasteiger charge is 2.21. The Morgan fingerprint density at radius 3 is 2.52 bits per heavy atom. The number of carbonyl (C=O) groups excluding carboxylic acids is 1. The Morgan fingerprint density at radius 1 is 1.03 bits per heavy atom. The molecule has 0 saturated heterocycles. The Morgan fingerprint density at radius 2 is 1.82 bits per heavy atom. The van der Waals surface area contributed by atoms with E-state index in [1.807, 2.05) is 19.1 Å². The van der Waals surface area contributed by atoms with E-state index >= 15 is 0 Å². The standard InChI is InChI=1S/C24H27N3O5S/c1-4-31-22-14-19(11-12-21(22)32-17-18-8-7-13-25-15-18)24(28)26-16-20-9-5-6-10-23(20)33(29,30)27(2)3/h5-15H,4,16-17H2,1-3H3,(H,26,28). The zero-order chi connectivity index (χ0) is 23.8. The number of nitrogens with zero attached hydrogens (tertiary/aromatic N) is 2. The molecule has 0 spiro atoms. The molecule has 0 fully saturated rings. The van der Waals surface area contributed by atoms with Gasteiger partial charge < -0.3 is 14.8 Å². The number of nitrogens with one attached hydrogen (secondary N) is 1. The van der Waals surface area contributed by atoms with Gasteiger partial charge in [-0.25, -0.2) is 12.7 Å². The molecular formula is C24H27N3O5S. The molecule has 3 rings (SSSR count). The molecule has 8 nitrogen and oxygen atoms in total. The molecule has 174 valence electrons. The molecule has 1 heterocycles. The number of benzene rings is 2. The second-order valence-electron chi connectivity index (χ2n) is 7.32. The van der Waals surface area contributed by atoms with Crippen molar-refractivity contribution in [2.24, 2.45) is 0 Å². The predicted molar refractivity (Wildman–Crippen MR) is 125 cm³/mol. The average Bonchev–Trinajstić information content (AvgIpc) is 2.82. The lowest BCUT2D eigenvalue weighted by molar-refractivity contribution is 0.0950. The van der Waals surface area contributed by atoms with Crippen LogP contribution < -0.4 is 14.8 Å². The third kappa shape index (κ3) is 6.09. The van der Waals surface area contributed by atoms with Crippen molar-refractivity contribution in [1.29, 1.82) is 0 Å². The van der Waals surface area contributed by atoms with Crippen molar-refractivity contribution in [2.75, 3.05) is 20.7 Å². The van der Waals surface area contributed by atoms with Crippen molar-refractivity contribution in [2.45, 2.75) is 25.0 Å². The summed E-state index contributed by atoms with van der Waals surface area (Å²) in [6, 6.07) is 15.3. The minimum Gasteiger partial charge on any atom is -0.490 e. The fourth-order valence-corrected chi connectivity index (χ4v) is 4.17. The number of hydrogen-bond donors (Lipinski definition) is 1. The first-order chi connectivity index (χ1) is 15.8. The lowest BCUT2D eigenvalue weighted by Crippen LogP contribution is -2.27. The van der Waals surface area contributed by atoms with Crippen LogP contribution in [0, 0.1) is 0 Å². The maximum absolute atomic E-state index is 12.8. The molecular weight excluding hydrogens is 442 g/mol. The molecule has 2 aromatic carbocycles. The fourth-order valence-electron chi connectivity index (χ4n) is 3.06. The molecule has 0 aliphatic carbocycles. The first kappa shape index (κ1) is 24.2. The average molecular weight is 470 g/mol. The molecule has 9 heteroatoms. The van der Waals surface area contributed by atoms with Crippen LogP contribution in [0.1, 0.15) is 28.4 Å². The second-order valence-corrected chi connectivity index (χ2v) is 9.44. The number of rotatable bonds is 10. The number of pyridine rings is 1. The summed E-state index contributed by atoms with van der Waals surface area (Å²) in [7, 11) is -0.688. The maximum Gasteiger partial charge on any atom is 0.251 e. The van der Waals surface area contributed by atoms with Crippen molar-refractivity contribution in [3.8, 4) is 11.5 Å². The van der Waals surface area contributed by atoms with Gasteiger partial charge in [0.25, 0.3) is 5.91 Å². The summed E-state index contributed by atoms with van der Waals surface area (Å²) in [5.41, 5.74) is 1.79. The Labute approximate surface area is 194 Å². The summed E-state index contributed by atoms with van der Waals surface area (Å²) < 4.78 is 37.8. The molecule has 1 aromatic heterocycles. The maximum atomic E-state index is 12.8. The zero-order valence-corrected chi connectivity index (χ0v) is 19.6. The third-order valence-corrected chi connectivity index (χ3v) is 6.71. The smallest absolute Gasteiger partial charge is 0.251 e. The van der Waals surface area contributed by atoms with Crippen LogP contribution in [-0.4, -0.2) is 44.3 Å². The molecule has 0 aliphatic rings. The van der Waals surface area contributed by atoms with Crippen LogP contribution in [0.25, 0.3) is 0 Å². The zero-order valence-electron chi connectivity index (χ0n) is 18.8. The Kier molecular flexibility index (Phi) is 8.02. The van der Waals surface area contributed by atoms with Crippen LogP contribution in [-0.2, 0) is 23.2 Å². The van der Waals surface area contributed by atoms with E-state index in [1.165, 1.54) is 20.2 Å². The van der Waals surface area contributed by atoms with E-state index in [2.05, 4.69) is 10.3 Å². The lowest BCUT2D eigenvalue weighted by atomic mass is 10.1. The van der Waals surface area contributed by atoms with E-state index in [-0.39, 0.29) is 17.3 Å². The van der Waals surface area contributed by atoms with Crippen molar-refractivity contribution in [1.82, 2.24) is 14.6 Å². The number of sulfonamides is 1. The summed E-state index contributed by atoms with van der Waals surface area (Å²) in [6.07, 6.45) is 3.41. The minimum absolute atomic E-state index is 0.0608. The Balaban J connectivity index is 1.74. The van der Waals surface area contributed by atoms with E-state index in [1.54, 1.807) is 48.8 Å². The fraction of sp³-hybridized carbons (Fsp3) is 0.250. The normalized spacial score (nSPS) is 11.3. The highest BCUT2D eigenvalue weighted by molar-refractivity contribution is 7.89. The van der Waals surface area contributed by atoms with Crippen LogP contribution in [0.4, 0.5) is 0 Å². The van der Waals surface area contributed by atoms with Crippen molar-refractivity contribution in [3.63, 3.8) is 0 Å². The highest BCUT2D eigenvalue weighted by atomic mass is 32.2. The number of aromatic nitrogens is 1. The van der Waals surface area contributed by atoms with Crippen LogP contribution in [0.5, 0.6) is 11.5 Å². The molecule has 0 aliphatic heterocycles. The van der Waals surface area contributed by atoms with Crippen LogP contribution in [0.2, 0.25) is 0 Å². The third-order valence-electron chi connectivity index (χ3n) is 4.79. The van der Waals surface area contributed by atoms with Gasteiger partial charge >= 0.3 is 0 Å². The molecule has 1 amide bonds. The molecule has 1 N–H and O–H groups in total. The number of amides is 1. The van der Waals surface area contributed by atoms with Gasteiger partial charge in [-0.15, -0.1) is 0 Å². The monoisotopic (exact) mass is 469 g/mol. The van der Waals surface area contributed by atoms with E-state index in [4.69, 9.17) is 9.47 Å². The molecule has 0 saturated carbocycles. The molecule has 0 atom stereocenters. The second kappa shape index (κ2) is 10.9. The quantitative estimate of drug-likeness (QED) is 0.490. The predicted octanol–water partition coefficient (Wildman–Crippen LogP) is 3.24. The molecule has 0 radical (unpaired) electrons. The van der Waals surface area contributed by atoms with E-state index in [0.29, 0.717) is 35.8 Å². The van der Waals surface area contributed by atoms with Gasteiger partial charge in [-0.3, -0.25) is 9.78 Å². The van der Waals surface area contributed by atoms with Gasteiger partial charge in [-0.1, -0.05) is 24.3 Å². The molecule has 3 aromatic rings. The highest BCUT2D eigenvalue weighted by Crippen LogP contribution is 2.29. The lowest BCUT2D eigenvalue weighted by Gasteiger charge is -2.16. The van der Waals surface area contributed by atoms with Gasteiger partial charge in [0.05, 0.1) is 11.5 Å². The molecule has 33 heavy (non-hydrogen) atoms. The van der Waals surface area contributed by atoms with Gasteiger partial charge in [0, 0.05) is 44.2 Å². The summed E-state index contributed by atoms with van der Waals surface area (Å²) in [6.45, 7) is 2.63. The van der Waals surface area contributed by atoms with Crippen molar-refractivity contribution in [3.05, 3.63) is 83.7 Å². The SMILES string of the molecule is CCOc1cc(C(=O)NCc2ccccc2S(=O)(=O)N(C)C)ccc1OCc1cccnc1. The molecule has 0 unspecified atom stereocenters. The van der Waals surface area contributed by atoms with E-state index in [9.17, 15) is 13.2 Å². The van der Waals surface area contributed by atoms with E-state index in [0.717, 1.165) is 9.87 Å². The summed E-state index contributed by atoms with van der Waals surface area (Å²) in [4.78, 5) is 17.0. The van der Waals surface area contributed by atoms with Crippen LogP contribution in [0.15, 0.2) is 71.9 Å². The van der Waals surface area contributed by atoms with Crippen LogP contribution >= 0.6 is 0 Å².